The summed E-state index contributed by atoms with van der Waals surface area (Å²) in [7, 11) is 1.72. The average Bonchev–Trinajstić information content (AvgIpc) is 2.95. The van der Waals surface area contributed by atoms with E-state index in [9.17, 15) is 0 Å². The van der Waals surface area contributed by atoms with Crippen molar-refractivity contribution in [3.05, 3.63) is 52.5 Å². The third kappa shape index (κ3) is 3.02. The molecular weight excluding hydrogens is 320 g/mol. The molecule has 0 amide bonds. The van der Waals surface area contributed by atoms with Crippen molar-refractivity contribution in [2.75, 3.05) is 13.7 Å². The number of unbranched alkanes of at least 4 members (excludes halogenated alkanes) is 1. The number of ether oxygens (including phenoxy) is 1. The maximum atomic E-state index is 6.41. The summed E-state index contributed by atoms with van der Waals surface area (Å²) in [5.74, 6) is 0.903. The molecule has 3 nitrogen and oxygen atoms in total. The van der Waals surface area contributed by atoms with E-state index in [0.717, 1.165) is 52.4 Å². The van der Waals surface area contributed by atoms with Gasteiger partial charge >= 0.3 is 0 Å². The first kappa shape index (κ1) is 16.9. The number of fused-ring (bicyclic) bond motifs is 1. The Morgan fingerprint density at radius 2 is 1.92 bits per heavy atom. The molecule has 0 aliphatic carbocycles. The number of H-pyrrole nitrogens is 1. The van der Waals surface area contributed by atoms with E-state index in [1.54, 1.807) is 7.11 Å². The Morgan fingerprint density at radius 3 is 2.67 bits per heavy atom. The molecule has 0 bridgehead atoms. The largest absolute Gasteiger partial charge is 0.496 e. The minimum Gasteiger partial charge on any atom is -0.496 e. The third-order valence-corrected chi connectivity index (χ3v) is 4.77. The molecule has 3 rings (SSSR count). The van der Waals surface area contributed by atoms with E-state index < -0.39 is 0 Å². The molecule has 24 heavy (non-hydrogen) atoms. The molecule has 3 aromatic rings. The number of aromatic nitrogens is 1. The van der Waals surface area contributed by atoms with Crippen LogP contribution in [0.25, 0.3) is 22.2 Å². The van der Waals surface area contributed by atoms with Gasteiger partial charge in [0, 0.05) is 10.9 Å². The summed E-state index contributed by atoms with van der Waals surface area (Å²) in [5, 5.41) is 1.92. The molecule has 4 heteroatoms. The number of rotatable bonds is 6. The third-order valence-electron chi connectivity index (χ3n) is 4.46. The summed E-state index contributed by atoms with van der Waals surface area (Å²) >= 11 is 6.41. The normalized spacial score (nSPS) is 11.2. The van der Waals surface area contributed by atoms with Crippen LogP contribution in [0.1, 0.15) is 24.0 Å². The fourth-order valence-electron chi connectivity index (χ4n) is 3.29. The van der Waals surface area contributed by atoms with Gasteiger partial charge in [0.05, 0.1) is 23.3 Å². The first-order valence-electron chi connectivity index (χ1n) is 8.30. The first-order chi connectivity index (χ1) is 11.7. The predicted molar refractivity (Wildman–Crippen MR) is 102 cm³/mol. The van der Waals surface area contributed by atoms with Crippen molar-refractivity contribution in [2.24, 2.45) is 5.73 Å². The SMILES string of the molecule is COc1c(C)cccc1-c1[nH]c2c(Cl)cccc2c1CCCCN. The molecule has 0 atom stereocenters. The summed E-state index contributed by atoms with van der Waals surface area (Å²) in [5.41, 5.74) is 11.2. The van der Waals surface area contributed by atoms with Crippen LogP contribution in [0.5, 0.6) is 5.75 Å². The van der Waals surface area contributed by atoms with Crippen LogP contribution in [0.2, 0.25) is 5.02 Å². The molecule has 1 heterocycles. The van der Waals surface area contributed by atoms with Crippen LogP contribution in [0.4, 0.5) is 0 Å². The number of hydrogen-bond donors (Lipinski definition) is 2. The molecule has 0 radical (unpaired) electrons. The fraction of sp³-hybridized carbons (Fsp3) is 0.300. The number of nitrogens with one attached hydrogen (secondary N) is 1. The number of nitrogens with two attached hydrogens (primary N) is 1. The first-order valence-corrected chi connectivity index (χ1v) is 8.68. The Balaban J connectivity index is 2.21. The number of aryl methyl sites for hydroxylation is 2. The van der Waals surface area contributed by atoms with E-state index in [1.165, 1.54) is 10.9 Å². The lowest BCUT2D eigenvalue weighted by molar-refractivity contribution is 0.413. The highest BCUT2D eigenvalue weighted by atomic mass is 35.5. The van der Waals surface area contributed by atoms with Gasteiger partial charge in [-0.05, 0) is 56.0 Å². The molecule has 0 fully saturated rings. The van der Waals surface area contributed by atoms with E-state index in [0.29, 0.717) is 6.54 Å². The van der Waals surface area contributed by atoms with Crippen LogP contribution in [0, 0.1) is 6.92 Å². The monoisotopic (exact) mass is 342 g/mol. The fourth-order valence-corrected chi connectivity index (χ4v) is 3.52. The number of benzene rings is 2. The number of methoxy groups -OCH3 is 1. The molecule has 3 N–H and O–H groups in total. The molecule has 0 aliphatic rings. The van der Waals surface area contributed by atoms with E-state index in [1.807, 2.05) is 12.1 Å². The maximum Gasteiger partial charge on any atom is 0.131 e. The highest BCUT2D eigenvalue weighted by molar-refractivity contribution is 6.35. The molecule has 2 aromatic carbocycles. The van der Waals surface area contributed by atoms with Crippen LogP contribution in [0.3, 0.4) is 0 Å². The molecule has 1 aromatic heterocycles. The predicted octanol–water partition coefficient (Wildman–Crippen LogP) is 5.09. The quantitative estimate of drug-likeness (QED) is 0.613. The van der Waals surface area contributed by atoms with Gasteiger partial charge in [-0.2, -0.15) is 0 Å². The van der Waals surface area contributed by atoms with Crippen molar-refractivity contribution in [1.29, 1.82) is 0 Å². The van der Waals surface area contributed by atoms with Gasteiger partial charge in [-0.15, -0.1) is 0 Å². The van der Waals surface area contributed by atoms with Gasteiger partial charge in [-0.1, -0.05) is 35.9 Å². The highest BCUT2D eigenvalue weighted by Gasteiger charge is 2.18. The van der Waals surface area contributed by atoms with Crippen LogP contribution < -0.4 is 10.5 Å². The van der Waals surface area contributed by atoms with E-state index in [2.05, 4.69) is 36.2 Å². The van der Waals surface area contributed by atoms with E-state index in [-0.39, 0.29) is 0 Å². The Hall–Kier alpha value is -1.97. The second-order valence-corrected chi connectivity index (χ2v) is 6.45. The molecular formula is C20H23ClN2O. The van der Waals surface area contributed by atoms with Crippen LogP contribution in [0.15, 0.2) is 36.4 Å². The van der Waals surface area contributed by atoms with Crippen molar-refractivity contribution < 1.29 is 4.74 Å². The molecule has 0 spiro atoms. The Bertz CT molecular complexity index is 854. The highest BCUT2D eigenvalue weighted by Crippen LogP contribution is 2.39. The minimum absolute atomic E-state index is 0.714. The molecule has 126 valence electrons. The number of hydrogen-bond acceptors (Lipinski definition) is 2. The zero-order chi connectivity index (χ0) is 17.1. The summed E-state index contributed by atoms with van der Waals surface area (Å²) in [4.78, 5) is 3.53. The lowest BCUT2D eigenvalue weighted by atomic mass is 9.98. The van der Waals surface area contributed by atoms with Gasteiger partial charge in [0.2, 0.25) is 0 Å². The second kappa shape index (κ2) is 7.29. The molecule has 0 saturated heterocycles. The number of halogens is 1. The van der Waals surface area contributed by atoms with Gasteiger partial charge in [-0.3, -0.25) is 0 Å². The van der Waals surface area contributed by atoms with E-state index in [4.69, 9.17) is 22.1 Å². The van der Waals surface area contributed by atoms with Crippen LogP contribution >= 0.6 is 11.6 Å². The minimum atomic E-state index is 0.714. The van der Waals surface area contributed by atoms with Gasteiger partial charge in [0.1, 0.15) is 5.75 Å². The Labute approximate surface area is 147 Å². The Kier molecular flexibility index (Phi) is 5.12. The van der Waals surface area contributed by atoms with Gasteiger partial charge in [0.25, 0.3) is 0 Å². The zero-order valence-corrected chi connectivity index (χ0v) is 14.9. The van der Waals surface area contributed by atoms with Gasteiger partial charge in [-0.25, -0.2) is 0 Å². The summed E-state index contributed by atoms with van der Waals surface area (Å²) in [6.45, 7) is 2.78. The maximum absolute atomic E-state index is 6.41. The smallest absolute Gasteiger partial charge is 0.131 e. The molecule has 0 saturated carbocycles. The lowest BCUT2D eigenvalue weighted by Gasteiger charge is -2.12. The number of aromatic amines is 1. The Morgan fingerprint density at radius 1 is 1.12 bits per heavy atom. The zero-order valence-electron chi connectivity index (χ0n) is 14.2. The van der Waals surface area contributed by atoms with Crippen molar-refractivity contribution >= 4 is 22.5 Å². The van der Waals surface area contributed by atoms with Crippen LogP contribution in [-0.2, 0) is 6.42 Å². The average molecular weight is 343 g/mol. The summed E-state index contributed by atoms with van der Waals surface area (Å²) in [6.07, 6.45) is 3.03. The van der Waals surface area contributed by atoms with E-state index >= 15 is 0 Å². The number of para-hydroxylation sites is 2. The molecule has 0 aliphatic heterocycles. The van der Waals surface area contributed by atoms with Crippen molar-refractivity contribution in [1.82, 2.24) is 4.98 Å². The van der Waals surface area contributed by atoms with Crippen molar-refractivity contribution in [2.45, 2.75) is 26.2 Å². The van der Waals surface area contributed by atoms with Gasteiger partial charge < -0.3 is 15.5 Å². The van der Waals surface area contributed by atoms with Gasteiger partial charge in [0.15, 0.2) is 0 Å². The summed E-state index contributed by atoms with van der Waals surface area (Å²) < 4.78 is 5.66. The van der Waals surface area contributed by atoms with Crippen LogP contribution in [-0.4, -0.2) is 18.6 Å². The summed E-state index contributed by atoms with van der Waals surface area (Å²) in [6, 6.07) is 12.3. The standard InChI is InChI=1S/C20H23ClN2O/c1-13-7-5-10-16(20(13)24-2)18-14(8-3-4-12-22)15-9-6-11-17(21)19(15)23-18/h5-7,9-11,23H,3-4,8,12,22H2,1-2H3. The second-order valence-electron chi connectivity index (χ2n) is 6.04. The van der Waals surface area contributed by atoms with Crippen molar-refractivity contribution in [3.63, 3.8) is 0 Å². The van der Waals surface area contributed by atoms with Crippen molar-refractivity contribution in [3.8, 4) is 17.0 Å². The topological polar surface area (TPSA) is 51.0 Å². The molecule has 0 unspecified atom stereocenters. The lowest BCUT2D eigenvalue weighted by Crippen LogP contribution is -1.99.